The number of nitrogens with one attached hydrogen (secondary N) is 1. The van der Waals surface area contributed by atoms with Gasteiger partial charge < -0.3 is 14.8 Å². The van der Waals surface area contributed by atoms with E-state index in [0.717, 1.165) is 36.8 Å². The van der Waals surface area contributed by atoms with Crippen LogP contribution < -0.4 is 5.32 Å². The van der Waals surface area contributed by atoms with E-state index in [-0.39, 0.29) is 18.4 Å². The minimum atomic E-state index is 0.00368. The van der Waals surface area contributed by atoms with E-state index in [2.05, 4.69) is 20.2 Å². The zero-order valence-corrected chi connectivity index (χ0v) is 15.5. The third-order valence-corrected chi connectivity index (χ3v) is 5.07. The summed E-state index contributed by atoms with van der Waals surface area (Å²) in [5.41, 5.74) is 0. The van der Waals surface area contributed by atoms with Crippen molar-refractivity contribution in [2.24, 2.45) is 5.92 Å². The van der Waals surface area contributed by atoms with E-state index in [1.165, 1.54) is 11.8 Å². The zero-order chi connectivity index (χ0) is 18.2. The summed E-state index contributed by atoms with van der Waals surface area (Å²) in [5.74, 6) is 0.966. The standard InChI is InChI=1S/C18H24N4O3S/c23-11-3-9-19-17(24)14-4-1-10-22(12-14)13-15-5-6-16(25-15)26-18-20-7-2-8-21-18/h2,5-8,14,23H,1,3-4,9-13H2,(H,19,24)/t14-/m0/s1. The Morgan fingerprint density at radius 3 is 3.04 bits per heavy atom. The fourth-order valence-corrected chi connectivity index (χ4v) is 3.69. The van der Waals surface area contributed by atoms with Gasteiger partial charge in [0.1, 0.15) is 5.76 Å². The maximum Gasteiger partial charge on any atom is 0.224 e. The molecule has 2 aromatic rings. The average Bonchev–Trinajstić information content (AvgIpc) is 3.09. The number of nitrogens with zero attached hydrogens (tertiary/aromatic N) is 3. The van der Waals surface area contributed by atoms with Gasteiger partial charge >= 0.3 is 0 Å². The lowest BCUT2D eigenvalue weighted by atomic mass is 9.97. The van der Waals surface area contributed by atoms with Crippen molar-refractivity contribution < 1.29 is 14.3 Å². The Morgan fingerprint density at radius 2 is 2.23 bits per heavy atom. The van der Waals surface area contributed by atoms with Crippen LogP contribution in [0.5, 0.6) is 0 Å². The molecule has 0 radical (unpaired) electrons. The monoisotopic (exact) mass is 376 g/mol. The van der Waals surface area contributed by atoms with Gasteiger partial charge in [-0.2, -0.15) is 0 Å². The lowest BCUT2D eigenvalue weighted by Gasteiger charge is -2.31. The second kappa shape index (κ2) is 9.70. The van der Waals surface area contributed by atoms with E-state index in [1.807, 2.05) is 12.1 Å². The van der Waals surface area contributed by atoms with E-state index in [0.29, 0.717) is 24.7 Å². The maximum absolute atomic E-state index is 12.2. The number of aliphatic hydroxyl groups is 1. The van der Waals surface area contributed by atoms with Crippen LogP contribution in [-0.4, -0.2) is 52.1 Å². The predicted molar refractivity (Wildman–Crippen MR) is 97.6 cm³/mol. The van der Waals surface area contributed by atoms with Crippen LogP contribution in [0.25, 0.3) is 0 Å². The number of furan rings is 1. The molecule has 8 heteroatoms. The Labute approximate surface area is 157 Å². The number of likely N-dealkylation sites (tertiary alicyclic amines) is 1. The van der Waals surface area contributed by atoms with Crippen molar-refractivity contribution in [3.05, 3.63) is 36.4 Å². The van der Waals surface area contributed by atoms with Crippen LogP contribution in [0.4, 0.5) is 0 Å². The first kappa shape index (κ1) is 18.9. The maximum atomic E-state index is 12.2. The van der Waals surface area contributed by atoms with Gasteiger partial charge in [-0.3, -0.25) is 9.69 Å². The molecular formula is C18H24N4O3S. The van der Waals surface area contributed by atoms with Crippen molar-refractivity contribution in [2.45, 2.75) is 36.1 Å². The van der Waals surface area contributed by atoms with Crippen molar-refractivity contribution >= 4 is 17.7 Å². The van der Waals surface area contributed by atoms with Gasteiger partial charge in [-0.25, -0.2) is 9.97 Å². The zero-order valence-electron chi connectivity index (χ0n) is 14.6. The Morgan fingerprint density at radius 1 is 1.38 bits per heavy atom. The molecule has 2 N–H and O–H groups in total. The average molecular weight is 376 g/mol. The lowest BCUT2D eigenvalue weighted by Crippen LogP contribution is -2.42. The third kappa shape index (κ3) is 5.55. The minimum absolute atomic E-state index is 0.00368. The molecule has 0 aliphatic carbocycles. The summed E-state index contributed by atoms with van der Waals surface area (Å²) in [5, 5.41) is 13.1. The molecule has 1 aliphatic heterocycles. The summed E-state index contributed by atoms with van der Waals surface area (Å²) in [7, 11) is 0. The highest BCUT2D eigenvalue weighted by molar-refractivity contribution is 7.99. The Balaban J connectivity index is 1.50. The second-order valence-corrected chi connectivity index (χ2v) is 7.27. The van der Waals surface area contributed by atoms with Crippen LogP contribution in [0, 0.1) is 5.92 Å². The number of hydrogen-bond acceptors (Lipinski definition) is 7. The fraction of sp³-hybridized carbons (Fsp3) is 0.500. The first-order valence-corrected chi connectivity index (χ1v) is 9.71. The van der Waals surface area contributed by atoms with Crippen molar-refractivity contribution in [3.63, 3.8) is 0 Å². The van der Waals surface area contributed by atoms with E-state index in [1.54, 1.807) is 18.5 Å². The quantitative estimate of drug-likeness (QED) is 0.537. The molecule has 0 aromatic carbocycles. The summed E-state index contributed by atoms with van der Waals surface area (Å²) >= 11 is 1.40. The van der Waals surface area contributed by atoms with Crippen LogP contribution in [0.2, 0.25) is 0 Å². The fourth-order valence-electron chi connectivity index (χ4n) is 2.99. The molecule has 0 bridgehead atoms. The van der Waals surface area contributed by atoms with Crippen LogP contribution in [0.3, 0.4) is 0 Å². The van der Waals surface area contributed by atoms with Gasteiger partial charge in [0, 0.05) is 32.1 Å². The summed E-state index contributed by atoms with van der Waals surface area (Å²) in [4.78, 5) is 22.8. The summed E-state index contributed by atoms with van der Waals surface area (Å²) in [6, 6.07) is 5.68. The highest BCUT2D eigenvalue weighted by Gasteiger charge is 2.26. The summed E-state index contributed by atoms with van der Waals surface area (Å²) in [6.45, 7) is 3.02. The normalized spacial score (nSPS) is 18.0. The predicted octanol–water partition coefficient (Wildman–Crippen LogP) is 1.93. The number of carbonyl (C=O) groups excluding carboxylic acids is 1. The summed E-state index contributed by atoms with van der Waals surface area (Å²) in [6.07, 6.45) is 5.92. The summed E-state index contributed by atoms with van der Waals surface area (Å²) < 4.78 is 5.88. The number of carbonyl (C=O) groups is 1. The van der Waals surface area contributed by atoms with E-state index in [4.69, 9.17) is 9.52 Å². The van der Waals surface area contributed by atoms with Gasteiger partial charge in [0.05, 0.1) is 12.5 Å². The lowest BCUT2D eigenvalue weighted by molar-refractivity contribution is -0.126. The molecule has 0 spiro atoms. The Hall–Kier alpha value is -1.90. The third-order valence-electron chi connectivity index (χ3n) is 4.26. The molecule has 1 aliphatic rings. The molecular weight excluding hydrogens is 352 g/mol. The molecule has 2 aromatic heterocycles. The van der Waals surface area contributed by atoms with Gasteiger partial charge in [0.25, 0.3) is 0 Å². The van der Waals surface area contributed by atoms with Gasteiger partial charge in [0.2, 0.25) is 5.91 Å². The highest BCUT2D eigenvalue weighted by atomic mass is 32.2. The van der Waals surface area contributed by atoms with Gasteiger partial charge in [-0.1, -0.05) is 0 Å². The molecule has 140 valence electrons. The number of piperidine rings is 1. The Bertz CT molecular complexity index is 695. The largest absolute Gasteiger partial charge is 0.453 e. The van der Waals surface area contributed by atoms with E-state index >= 15 is 0 Å². The second-order valence-electron chi connectivity index (χ2n) is 6.30. The van der Waals surface area contributed by atoms with Crippen LogP contribution in [-0.2, 0) is 11.3 Å². The topological polar surface area (TPSA) is 91.5 Å². The van der Waals surface area contributed by atoms with Gasteiger partial charge in [-0.15, -0.1) is 0 Å². The first-order valence-electron chi connectivity index (χ1n) is 8.89. The molecule has 3 rings (SSSR count). The van der Waals surface area contributed by atoms with Gasteiger partial charge in [-0.05, 0) is 55.8 Å². The first-order chi connectivity index (χ1) is 12.7. The smallest absolute Gasteiger partial charge is 0.224 e. The van der Waals surface area contributed by atoms with Crippen molar-refractivity contribution in [1.82, 2.24) is 20.2 Å². The van der Waals surface area contributed by atoms with Gasteiger partial charge in [0.15, 0.2) is 10.2 Å². The van der Waals surface area contributed by atoms with E-state index in [9.17, 15) is 4.79 Å². The molecule has 0 saturated carbocycles. The molecule has 1 amide bonds. The van der Waals surface area contributed by atoms with Crippen LogP contribution in [0.1, 0.15) is 25.0 Å². The number of amides is 1. The van der Waals surface area contributed by atoms with Crippen molar-refractivity contribution in [2.75, 3.05) is 26.2 Å². The van der Waals surface area contributed by atoms with Crippen molar-refractivity contribution in [3.8, 4) is 0 Å². The molecule has 26 heavy (non-hydrogen) atoms. The minimum Gasteiger partial charge on any atom is -0.453 e. The number of aliphatic hydroxyl groups excluding tert-OH is 1. The SMILES string of the molecule is O=C(NCCCO)[C@H]1CCCN(Cc2ccc(Sc3ncccn3)o2)C1. The molecule has 1 saturated heterocycles. The number of rotatable bonds is 8. The number of hydrogen-bond donors (Lipinski definition) is 2. The van der Waals surface area contributed by atoms with Crippen LogP contribution >= 0.6 is 11.8 Å². The molecule has 1 fully saturated rings. The van der Waals surface area contributed by atoms with Crippen molar-refractivity contribution in [1.29, 1.82) is 0 Å². The van der Waals surface area contributed by atoms with E-state index < -0.39 is 0 Å². The molecule has 1 atom stereocenters. The Kier molecular flexibility index (Phi) is 7.04. The van der Waals surface area contributed by atoms with Crippen LogP contribution in [0.15, 0.2) is 45.3 Å². The highest BCUT2D eigenvalue weighted by Crippen LogP contribution is 2.27. The molecule has 7 nitrogen and oxygen atoms in total. The molecule has 3 heterocycles. The molecule has 0 unspecified atom stereocenters. The number of aromatic nitrogens is 2.